The number of carbonyl (C=O) groups is 4. The SMILES string of the molecule is CC(=O)c1ccc2c(c1)c1cc(C(C)=O)ccc1n2CCCC(=O)NCc1ccc(/C=C/C(=O)NO)cc1. The number of fused-ring (bicyclic) bond motifs is 3. The molecule has 0 atom stereocenters. The summed E-state index contributed by atoms with van der Waals surface area (Å²) in [4.78, 5) is 47.5. The number of hydrogen-bond acceptors (Lipinski definition) is 5. The van der Waals surface area contributed by atoms with Crippen molar-refractivity contribution in [1.82, 2.24) is 15.4 Å². The number of aryl methyl sites for hydroxylation is 1. The molecule has 194 valence electrons. The van der Waals surface area contributed by atoms with Gasteiger partial charge in [0.25, 0.3) is 5.91 Å². The van der Waals surface area contributed by atoms with E-state index in [9.17, 15) is 19.2 Å². The molecule has 3 N–H and O–H groups in total. The quantitative estimate of drug-likeness (QED) is 0.122. The summed E-state index contributed by atoms with van der Waals surface area (Å²) in [5.41, 5.74) is 6.39. The highest BCUT2D eigenvalue weighted by atomic mass is 16.5. The van der Waals surface area contributed by atoms with Gasteiger partial charge in [0.15, 0.2) is 11.6 Å². The second kappa shape index (κ2) is 11.7. The molecule has 0 saturated heterocycles. The van der Waals surface area contributed by atoms with E-state index in [1.54, 1.807) is 18.2 Å². The molecule has 0 aliphatic heterocycles. The van der Waals surface area contributed by atoms with Gasteiger partial charge in [-0.15, -0.1) is 0 Å². The Kier molecular flexibility index (Phi) is 8.13. The predicted octanol–water partition coefficient (Wildman–Crippen LogP) is 4.81. The van der Waals surface area contributed by atoms with Crippen LogP contribution in [0.3, 0.4) is 0 Å². The molecule has 0 saturated carbocycles. The number of ketones is 2. The Hall–Kier alpha value is -4.56. The summed E-state index contributed by atoms with van der Waals surface area (Å²) in [7, 11) is 0. The average Bonchev–Trinajstić information content (AvgIpc) is 3.23. The van der Waals surface area contributed by atoms with Crippen LogP contribution in [0.1, 0.15) is 58.5 Å². The number of benzene rings is 3. The molecule has 1 aromatic heterocycles. The van der Waals surface area contributed by atoms with Crippen molar-refractivity contribution >= 4 is 51.3 Å². The van der Waals surface area contributed by atoms with E-state index < -0.39 is 5.91 Å². The van der Waals surface area contributed by atoms with Crippen LogP contribution < -0.4 is 10.8 Å². The van der Waals surface area contributed by atoms with Crippen LogP contribution in [0.25, 0.3) is 27.9 Å². The van der Waals surface area contributed by atoms with Gasteiger partial charge in [-0.2, -0.15) is 0 Å². The highest BCUT2D eigenvalue weighted by molar-refractivity contribution is 6.12. The number of amides is 2. The van der Waals surface area contributed by atoms with Crippen molar-refractivity contribution in [3.05, 3.63) is 89.0 Å². The zero-order valence-corrected chi connectivity index (χ0v) is 21.3. The standard InChI is InChI=1S/C30H29N3O5/c1-19(34)23-10-12-27-25(16-23)26-17-24(20(2)35)11-13-28(26)33(27)15-3-4-29(36)31-18-22-7-5-21(6-8-22)9-14-30(37)32-38/h5-14,16-17,38H,3-4,15,18H2,1-2H3,(H,31,36)(H,32,37)/b14-9+. The molecule has 0 fully saturated rings. The Morgan fingerprint density at radius 1 is 0.842 bits per heavy atom. The first-order valence-electron chi connectivity index (χ1n) is 12.3. The van der Waals surface area contributed by atoms with Gasteiger partial charge in [0.1, 0.15) is 0 Å². The fourth-order valence-corrected chi connectivity index (χ4v) is 4.43. The van der Waals surface area contributed by atoms with Crippen molar-refractivity contribution < 1.29 is 24.4 Å². The number of carbonyl (C=O) groups excluding carboxylic acids is 4. The van der Waals surface area contributed by atoms with Gasteiger partial charge in [-0.25, -0.2) is 5.48 Å². The third-order valence-electron chi connectivity index (χ3n) is 6.47. The lowest BCUT2D eigenvalue weighted by Crippen LogP contribution is -2.22. The van der Waals surface area contributed by atoms with E-state index in [1.165, 1.54) is 25.4 Å². The van der Waals surface area contributed by atoms with Crippen LogP contribution in [0, 0.1) is 0 Å². The van der Waals surface area contributed by atoms with Crippen LogP contribution in [0.2, 0.25) is 0 Å². The Morgan fingerprint density at radius 3 is 1.95 bits per heavy atom. The molecule has 0 bridgehead atoms. The number of hydrogen-bond donors (Lipinski definition) is 3. The van der Waals surface area contributed by atoms with Crippen molar-refractivity contribution in [2.75, 3.05) is 0 Å². The zero-order valence-electron chi connectivity index (χ0n) is 21.3. The minimum atomic E-state index is -0.608. The molecule has 4 aromatic rings. The molecule has 0 spiro atoms. The lowest BCUT2D eigenvalue weighted by molar-refractivity contribution is -0.124. The molecule has 8 nitrogen and oxygen atoms in total. The van der Waals surface area contributed by atoms with Crippen molar-refractivity contribution in [2.45, 2.75) is 39.8 Å². The van der Waals surface area contributed by atoms with Crippen LogP contribution in [0.5, 0.6) is 0 Å². The summed E-state index contributed by atoms with van der Waals surface area (Å²) in [6, 6.07) is 18.6. The summed E-state index contributed by atoms with van der Waals surface area (Å²) in [6.07, 6.45) is 3.75. The van der Waals surface area contributed by atoms with E-state index in [0.717, 1.165) is 32.9 Å². The molecule has 0 radical (unpaired) electrons. The van der Waals surface area contributed by atoms with E-state index in [-0.39, 0.29) is 17.5 Å². The maximum absolute atomic E-state index is 12.5. The fourth-order valence-electron chi connectivity index (χ4n) is 4.43. The van der Waals surface area contributed by atoms with Gasteiger partial charge in [-0.3, -0.25) is 24.4 Å². The van der Waals surface area contributed by atoms with Gasteiger partial charge in [-0.05, 0) is 73.9 Å². The van der Waals surface area contributed by atoms with Crippen LogP contribution in [0.15, 0.2) is 66.7 Å². The number of Topliss-reactive ketones (excluding diaryl/α,β-unsaturated/α-hetero) is 2. The highest BCUT2D eigenvalue weighted by Gasteiger charge is 2.14. The third kappa shape index (κ3) is 6.04. The predicted molar refractivity (Wildman–Crippen MR) is 146 cm³/mol. The highest BCUT2D eigenvalue weighted by Crippen LogP contribution is 2.31. The Bertz CT molecular complexity index is 1490. The maximum atomic E-state index is 12.5. The molecule has 38 heavy (non-hydrogen) atoms. The fraction of sp³-hybridized carbons (Fsp3) is 0.200. The molecule has 8 heteroatoms. The largest absolute Gasteiger partial charge is 0.352 e. The van der Waals surface area contributed by atoms with Gasteiger partial charge < -0.3 is 9.88 Å². The van der Waals surface area contributed by atoms with E-state index in [2.05, 4.69) is 9.88 Å². The Balaban J connectivity index is 1.42. The van der Waals surface area contributed by atoms with E-state index in [0.29, 0.717) is 37.1 Å². The molecule has 0 unspecified atom stereocenters. The summed E-state index contributed by atoms with van der Waals surface area (Å²) in [6.45, 7) is 4.06. The molecule has 4 rings (SSSR count). The van der Waals surface area contributed by atoms with E-state index in [4.69, 9.17) is 5.21 Å². The van der Waals surface area contributed by atoms with Crippen LogP contribution in [-0.2, 0) is 22.7 Å². The second-order valence-electron chi connectivity index (χ2n) is 9.16. The van der Waals surface area contributed by atoms with Gasteiger partial charge in [0.2, 0.25) is 5.91 Å². The Morgan fingerprint density at radius 2 is 1.42 bits per heavy atom. The number of hydroxylamine groups is 1. The smallest absolute Gasteiger partial charge is 0.267 e. The van der Waals surface area contributed by atoms with Crippen LogP contribution >= 0.6 is 0 Å². The number of nitrogens with zero attached hydrogens (tertiary/aromatic N) is 1. The van der Waals surface area contributed by atoms with Crippen molar-refractivity contribution in [2.24, 2.45) is 0 Å². The zero-order chi connectivity index (χ0) is 27.2. The lowest BCUT2D eigenvalue weighted by Gasteiger charge is -2.09. The van der Waals surface area contributed by atoms with Gasteiger partial charge >= 0.3 is 0 Å². The van der Waals surface area contributed by atoms with Crippen LogP contribution in [-0.4, -0.2) is 33.2 Å². The second-order valence-corrected chi connectivity index (χ2v) is 9.16. The van der Waals surface area contributed by atoms with Crippen LogP contribution in [0.4, 0.5) is 0 Å². The normalized spacial score (nSPS) is 11.2. The summed E-state index contributed by atoms with van der Waals surface area (Å²) in [5.74, 6) is -0.712. The monoisotopic (exact) mass is 511 g/mol. The molecular weight excluding hydrogens is 482 g/mol. The first-order valence-corrected chi connectivity index (χ1v) is 12.3. The maximum Gasteiger partial charge on any atom is 0.267 e. The summed E-state index contributed by atoms with van der Waals surface area (Å²) >= 11 is 0. The molecular formula is C30H29N3O5. The van der Waals surface area contributed by atoms with E-state index in [1.807, 2.05) is 48.5 Å². The lowest BCUT2D eigenvalue weighted by atomic mass is 10.0. The van der Waals surface area contributed by atoms with Gasteiger partial charge in [-0.1, -0.05) is 24.3 Å². The topological polar surface area (TPSA) is 118 Å². The first kappa shape index (κ1) is 26.5. The van der Waals surface area contributed by atoms with Gasteiger partial charge in [0, 0.05) is 58.5 Å². The number of rotatable bonds is 10. The summed E-state index contributed by atoms with van der Waals surface area (Å²) in [5, 5.41) is 13.3. The third-order valence-corrected chi connectivity index (χ3v) is 6.47. The van der Waals surface area contributed by atoms with Crippen molar-refractivity contribution in [1.29, 1.82) is 0 Å². The van der Waals surface area contributed by atoms with Crippen molar-refractivity contribution in [3.8, 4) is 0 Å². The van der Waals surface area contributed by atoms with E-state index >= 15 is 0 Å². The minimum Gasteiger partial charge on any atom is -0.352 e. The van der Waals surface area contributed by atoms with Gasteiger partial charge in [0.05, 0.1) is 0 Å². The molecule has 2 amide bonds. The number of aromatic nitrogens is 1. The molecule has 1 heterocycles. The molecule has 0 aliphatic rings. The Labute approximate surface area is 219 Å². The molecule has 0 aliphatic carbocycles. The number of nitrogens with one attached hydrogen (secondary N) is 2. The average molecular weight is 512 g/mol. The first-order chi connectivity index (χ1) is 18.3. The minimum absolute atomic E-state index is 0.0209. The molecule has 3 aromatic carbocycles. The van der Waals surface area contributed by atoms with Crippen molar-refractivity contribution in [3.63, 3.8) is 0 Å². The summed E-state index contributed by atoms with van der Waals surface area (Å²) < 4.78 is 2.13.